The van der Waals surface area contributed by atoms with Crippen LogP contribution in [0.2, 0.25) is 0 Å². The molecule has 0 bridgehead atoms. The Labute approximate surface area is 344 Å². The van der Waals surface area contributed by atoms with Crippen molar-refractivity contribution in [3.8, 4) is 0 Å². The molecule has 3 heterocycles. The maximum atomic E-state index is 13.9. The number of carbonyl (C=O) groups is 9. The molecule has 3 fully saturated rings. The fourth-order valence-electron chi connectivity index (χ4n) is 6.82. The van der Waals surface area contributed by atoms with E-state index in [-0.39, 0.29) is 49.8 Å². The van der Waals surface area contributed by atoms with Crippen molar-refractivity contribution in [1.29, 1.82) is 0 Å². The van der Waals surface area contributed by atoms with E-state index >= 15 is 0 Å². The first-order chi connectivity index (χ1) is 27.6. The average molecular weight is 861 g/mol. The largest absolute Gasteiger partial charge is 0.480 e. The Morgan fingerprint density at radius 1 is 0.741 bits per heavy atom. The van der Waals surface area contributed by atoms with E-state index in [2.05, 4.69) is 43.4 Å². The number of unbranched alkanes of at least 4 members (excludes halogenated alkanes) is 1. The topological polar surface area (TPSA) is 328 Å². The van der Waals surface area contributed by atoms with Gasteiger partial charge >= 0.3 is 5.97 Å². The summed E-state index contributed by atoms with van der Waals surface area (Å²) in [5.41, 5.74) is 7.72. The molecule has 0 aromatic heterocycles. The molecule has 14 N–H and O–H groups in total. The summed E-state index contributed by atoms with van der Waals surface area (Å²) in [6.45, 7) is 2.83. The molecule has 0 unspecified atom stereocenters. The van der Waals surface area contributed by atoms with Crippen LogP contribution in [-0.4, -0.2) is 166 Å². The van der Waals surface area contributed by atoms with E-state index in [4.69, 9.17) is 0 Å². The SMILES string of the molecule is CC(C)C[C@@H]1NC(=O)CNC(=O)[C@H](CCCC[NH3+])NC(=O)CNC(=O)[C@@H]2CCCN2C(=O)[C@@H]([NH3+])CSSC[C@@H](C(=O)O)NC(=O)[C@H](CO)NC(=O)[C@@H]2CCCN2C1=O. The van der Waals surface area contributed by atoms with Crippen LogP contribution in [0.1, 0.15) is 65.2 Å². The lowest BCUT2D eigenvalue weighted by atomic mass is 10.0. The number of nitrogens with one attached hydrogen (secondary N) is 6. The fourth-order valence-corrected chi connectivity index (χ4v) is 9.16. The standard InChI is InChI=1S/C35H58N10O11S2/c1-19(2)13-22-34(54)45-12-6-9-26(45)32(52)42-23(16-46)30(50)43-24(35(55)56)18-58-57-17-20(37)33(53)44-11-5-8-25(44)31(51)39-15-27(47)40-21(7-3-4-10-36)29(49)38-14-28(48)41-22/h19-26,46H,3-18,36-37H2,1-2H3,(H,38,49)(H,39,51)(H,40,47)(H,41,48)(H,42,52)(H,43,50)(H,55,56)/p+2/t20-,21-,22-,23-,24-,25-,26-/m0/s1. The molecule has 0 aromatic carbocycles. The second-order valence-corrected chi connectivity index (χ2v) is 17.5. The second-order valence-electron chi connectivity index (χ2n) is 14.9. The van der Waals surface area contributed by atoms with Gasteiger partial charge in [-0.25, -0.2) is 4.79 Å². The minimum Gasteiger partial charge on any atom is -0.480 e. The molecule has 0 spiro atoms. The summed E-state index contributed by atoms with van der Waals surface area (Å²) in [5.74, 6) is -6.74. The summed E-state index contributed by atoms with van der Waals surface area (Å²) < 4.78 is 0. The number of nitrogens with zero attached hydrogens (tertiary/aromatic N) is 2. The van der Waals surface area contributed by atoms with Gasteiger partial charge in [0.2, 0.25) is 41.4 Å². The third kappa shape index (κ3) is 14.6. The van der Waals surface area contributed by atoms with E-state index in [1.54, 1.807) is 0 Å². The molecule has 3 aliphatic rings. The van der Waals surface area contributed by atoms with Crippen LogP contribution in [0.15, 0.2) is 0 Å². The highest BCUT2D eigenvalue weighted by atomic mass is 33.1. The maximum Gasteiger partial charge on any atom is 0.327 e. The molecule has 0 aromatic rings. The molecule has 58 heavy (non-hydrogen) atoms. The molecule has 3 rings (SSSR count). The number of rotatable bonds is 8. The van der Waals surface area contributed by atoms with Gasteiger partial charge in [0.05, 0.1) is 32.0 Å². The van der Waals surface area contributed by atoms with Crippen LogP contribution in [0.25, 0.3) is 0 Å². The van der Waals surface area contributed by atoms with Gasteiger partial charge in [0.25, 0.3) is 5.91 Å². The fraction of sp³-hybridized carbons (Fsp3) is 0.743. The van der Waals surface area contributed by atoms with Crippen molar-refractivity contribution in [2.45, 2.75) is 108 Å². The first-order valence-electron chi connectivity index (χ1n) is 19.6. The monoisotopic (exact) mass is 860 g/mol. The van der Waals surface area contributed by atoms with Gasteiger partial charge in [-0.3, -0.25) is 38.4 Å². The van der Waals surface area contributed by atoms with Crippen LogP contribution < -0.4 is 43.4 Å². The molecule has 0 aliphatic carbocycles. The molecule has 3 aliphatic heterocycles. The van der Waals surface area contributed by atoms with E-state index in [9.17, 15) is 53.4 Å². The number of aliphatic hydroxyl groups excluding tert-OH is 1. The average Bonchev–Trinajstić information content (AvgIpc) is 3.88. The first-order valence-corrected chi connectivity index (χ1v) is 22.1. The predicted octanol–water partition coefficient (Wildman–Crippen LogP) is -5.32. The van der Waals surface area contributed by atoms with Crippen molar-refractivity contribution in [3.63, 3.8) is 0 Å². The zero-order valence-corrected chi connectivity index (χ0v) is 34.8. The van der Waals surface area contributed by atoms with Gasteiger partial charge in [0.15, 0.2) is 6.04 Å². The summed E-state index contributed by atoms with van der Waals surface area (Å²) in [5, 5.41) is 34.9. The van der Waals surface area contributed by atoms with Crippen molar-refractivity contribution in [2.75, 3.05) is 50.8 Å². The molecule has 8 amide bonds. The van der Waals surface area contributed by atoms with Gasteiger partial charge < -0.3 is 63.4 Å². The van der Waals surface area contributed by atoms with Gasteiger partial charge in [-0.15, -0.1) is 0 Å². The summed E-state index contributed by atoms with van der Waals surface area (Å²) in [4.78, 5) is 121. The van der Waals surface area contributed by atoms with Gasteiger partial charge in [0.1, 0.15) is 36.3 Å². The number of aliphatic carboxylic acids is 1. The maximum absolute atomic E-state index is 13.9. The highest BCUT2D eigenvalue weighted by Crippen LogP contribution is 2.25. The highest BCUT2D eigenvalue weighted by Gasteiger charge is 2.40. The van der Waals surface area contributed by atoms with Crippen LogP contribution in [0.4, 0.5) is 0 Å². The molecule has 0 radical (unpaired) electrons. The number of aliphatic hydroxyl groups is 1. The van der Waals surface area contributed by atoms with E-state index in [1.165, 1.54) is 9.80 Å². The van der Waals surface area contributed by atoms with Crippen LogP contribution in [0.3, 0.4) is 0 Å². The van der Waals surface area contributed by atoms with Crippen LogP contribution in [-0.2, 0) is 43.2 Å². The number of amides is 8. The van der Waals surface area contributed by atoms with Crippen LogP contribution in [0, 0.1) is 5.92 Å². The zero-order valence-electron chi connectivity index (χ0n) is 33.1. The normalized spacial score (nSPS) is 28.5. The van der Waals surface area contributed by atoms with E-state index in [0.29, 0.717) is 38.6 Å². The highest BCUT2D eigenvalue weighted by molar-refractivity contribution is 8.76. The molecule has 0 saturated carbocycles. The van der Waals surface area contributed by atoms with Crippen molar-refractivity contribution < 1.29 is 64.8 Å². The van der Waals surface area contributed by atoms with Crippen molar-refractivity contribution in [3.05, 3.63) is 0 Å². The van der Waals surface area contributed by atoms with Crippen LogP contribution in [0.5, 0.6) is 0 Å². The Kier molecular flexibility index (Phi) is 20.0. The molecule has 326 valence electrons. The van der Waals surface area contributed by atoms with Crippen molar-refractivity contribution in [1.82, 2.24) is 41.7 Å². The Balaban J connectivity index is 1.85. The smallest absolute Gasteiger partial charge is 0.327 e. The number of carbonyl (C=O) groups excluding carboxylic acids is 8. The van der Waals surface area contributed by atoms with Gasteiger partial charge in [-0.2, -0.15) is 0 Å². The molecule has 23 heteroatoms. The number of carboxylic acid groups (broad SMARTS) is 1. The number of fused-ring (bicyclic) bond motifs is 2. The minimum absolute atomic E-state index is 0.0799. The summed E-state index contributed by atoms with van der Waals surface area (Å²) in [7, 11) is 2.19. The summed E-state index contributed by atoms with van der Waals surface area (Å²) in [6.07, 6.45) is 3.14. The number of quaternary nitrogens is 2. The number of carboxylic acids is 1. The Hall–Kier alpha value is -4.19. The Morgan fingerprint density at radius 2 is 1.31 bits per heavy atom. The van der Waals surface area contributed by atoms with Gasteiger partial charge in [-0.1, -0.05) is 35.4 Å². The molecular formula is C35H60N10O11S2+2. The van der Waals surface area contributed by atoms with E-state index in [0.717, 1.165) is 21.6 Å². The lowest BCUT2D eigenvalue weighted by molar-refractivity contribution is -0.398. The third-order valence-electron chi connectivity index (χ3n) is 9.87. The summed E-state index contributed by atoms with van der Waals surface area (Å²) in [6, 6.07) is -7.86. The van der Waals surface area contributed by atoms with E-state index in [1.807, 2.05) is 13.8 Å². The van der Waals surface area contributed by atoms with Crippen molar-refractivity contribution >= 4 is 74.8 Å². The Bertz CT molecular complexity index is 1510. The minimum atomic E-state index is -1.55. The Morgan fingerprint density at radius 3 is 1.90 bits per heavy atom. The quantitative estimate of drug-likeness (QED) is 0.0807. The van der Waals surface area contributed by atoms with Crippen molar-refractivity contribution in [2.24, 2.45) is 5.92 Å². The van der Waals surface area contributed by atoms with Gasteiger partial charge in [-0.05, 0) is 57.3 Å². The molecule has 7 atom stereocenters. The number of hydrogen-bond donors (Lipinski definition) is 10. The first kappa shape index (κ1) is 48.2. The lowest BCUT2D eigenvalue weighted by Gasteiger charge is -2.30. The second kappa shape index (κ2) is 24.0. The van der Waals surface area contributed by atoms with E-state index < -0.39 is 115 Å². The summed E-state index contributed by atoms with van der Waals surface area (Å²) >= 11 is 0. The molecule has 3 saturated heterocycles. The third-order valence-corrected chi connectivity index (χ3v) is 12.4. The molecule has 21 nitrogen and oxygen atoms in total. The zero-order chi connectivity index (χ0) is 42.9. The number of hydrogen-bond acceptors (Lipinski definition) is 12. The molecular weight excluding hydrogens is 801 g/mol. The lowest BCUT2D eigenvalue weighted by Crippen LogP contribution is -2.70. The van der Waals surface area contributed by atoms with Gasteiger partial charge in [0, 0.05) is 18.8 Å². The van der Waals surface area contributed by atoms with Crippen LogP contribution >= 0.6 is 21.6 Å². The predicted molar refractivity (Wildman–Crippen MR) is 211 cm³/mol.